The summed E-state index contributed by atoms with van der Waals surface area (Å²) in [5.74, 6) is 0.232. The third-order valence-corrected chi connectivity index (χ3v) is 4.72. The molecule has 3 rings (SSSR count). The van der Waals surface area contributed by atoms with Crippen molar-refractivity contribution in [2.75, 3.05) is 0 Å². The lowest BCUT2D eigenvalue weighted by Gasteiger charge is -2.43. The topological polar surface area (TPSA) is 108 Å². The first-order valence-corrected chi connectivity index (χ1v) is 6.97. The average molecular weight is 304 g/mol. The molecule has 4 N–H and O–H groups in total. The van der Waals surface area contributed by atoms with Crippen LogP contribution in [0.4, 0.5) is 0 Å². The van der Waals surface area contributed by atoms with E-state index in [1.165, 1.54) is 0 Å². The second-order valence-corrected chi connectivity index (χ2v) is 6.05. The van der Waals surface area contributed by atoms with Crippen LogP contribution in [0.1, 0.15) is 6.92 Å². The van der Waals surface area contributed by atoms with Gasteiger partial charge in [0.25, 0.3) is 5.56 Å². The number of hydrogen-bond donors (Lipinski definition) is 4. The van der Waals surface area contributed by atoms with Crippen LogP contribution < -0.4 is 10.3 Å². The number of aromatic nitrogens is 2. The van der Waals surface area contributed by atoms with E-state index >= 15 is 0 Å². The van der Waals surface area contributed by atoms with E-state index in [1.54, 1.807) is 6.92 Å². The molecule has 1 aromatic rings. The first-order chi connectivity index (χ1) is 8.97. The van der Waals surface area contributed by atoms with Crippen molar-refractivity contribution in [3.63, 3.8) is 0 Å². The molecule has 7 nitrogen and oxygen atoms in total. The van der Waals surface area contributed by atoms with Gasteiger partial charge in [0.15, 0.2) is 4.77 Å². The number of hydrogen-bond acceptors (Lipinski definition) is 7. The molecule has 0 saturated carbocycles. The highest BCUT2D eigenvalue weighted by molar-refractivity contribution is 8.00. The van der Waals surface area contributed by atoms with Gasteiger partial charge in [0.05, 0.1) is 6.10 Å². The van der Waals surface area contributed by atoms with Crippen molar-refractivity contribution in [2.24, 2.45) is 0 Å². The first-order valence-electron chi connectivity index (χ1n) is 5.69. The van der Waals surface area contributed by atoms with E-state index in [-0.39, 0.29) is 16.2 Å². The van der Waals surface area contributed by atoms with Crippen LogP contribution in [0, 0.1) is 4.77 Å². The Balaban J connectivity index is 2.01. The van der Waals surface area contributed by atoms with Crippen molar-refractivity contribution in [3.8, 4) is 5.88 Å². The molecule has 9 heteroatoms. The Morgan fingerprint density at radius 2 is 2.05 bits per heavy atom. The number of ether oxygens (including phenoxy) is 2. The van der Waals surface area contributed by atoms with Crippen molar-refractivity contribution >= 4 is 24.0 Å². The fraction of sp³-hybridized carbons (Fsp3) is 0.600. The van der Waals surface area contributed by atoms with Crippen molar-refractivity contribution < 1.29 is 19.7 Å². The number of rotatable bonds is 0. The maximum atomic E-state index is 11.8. The molecule has 2 aliphatic rings. The largest absolute Gasteiger partial charge is 0.447 e. The second kappa shape index (κ2) is 4.60. The minimum atomic E-state index is -1.03. The van der Waals surface area contributed by atoms with Crippen molar-refractivity contribution in [1.82, 2.24) is 9.97 Å². The zero-order chi connectivity index (χ0) is 13.7. The summed E-state index contributed by atoms with van der Waals surface area (Å²) in [5.41, 5.74) is -0.387. The summed E-state index contributed by atoms with van der Waals surface area (Å²) in [7, 11) is 0. The predicted octanol–water partition coefficient (Wildman–Crippen LogP) is -0.248. The Morgan fingerprint density at radius 3 is 2.79 bits per heavy atom. The van der Waals surface area contributed by atoms with Gasteiger partial charge in [0, 0.05) is 0 Å². The smallest absolute Gasteiger partial charge is 0.269 e. The zero-order valence-electron chi connectivity index (χ0n) is 9.82. The monoisotopic (exact) mass is 304 g/mol. The molecule has 1 aromatic heterocycles. The summed E-state index contributed by atoms with van der Waals surface area (Å²) in [4.78, 5) is 17.3. The molecule has 0 bridgehead atoms. The van der Waals surface area contributed by atoms with E-state index in [0.29, 0.717) is 4.90 Å². The van der Waals surface area contributed by atoms with Gasteiger partial charge in [0.2, 0.25) is 12.2 Å². The fourth-order valence-electron chi connectivity index (χ4n) is 2.12. The van der Waals surface area contributed by atoms with Crippen LogP contribution in [0.5, 0.6) is 5.88 Å². The predicted molar refractivity (Wildman–Crippen MR) is 68.9 cm³/mol. The molecule has 3 heterocycles. The number of nitrogens with one attached hydrogen (secondary N) is 2. The summed E-state index contributed by atoms with van der Waals surface area (Å²) in [6.45, 7) is 1.65. The van der Waals surface area contributed by atoms with E-state index in [0.717, 1.165) is 11.8 Å². The van der Waals surface area contributed by atoms with Crippen LogP contribution in [-0.2, 0) is 4.74 Å². The number of aliphatic hydroxyl groups is 2. The highest BCUT2D eigenvalue weighted by atomic mass is 32.2. The molecule has 0 amide bonds. The molecule has 104 valence electrons. The van der Waals surface area contributed by atoms with Gasteiger partial charge in [-0.05, 0) is 19.1 Å². The maximum absolute atomic E-state index is 11.8. The second-order valence-electron chi connectivity index (χ2n) is 4.46. The van der Waals surface area contributed by atoms with Crippen molar-refractivity contribution in [2.45, 2.75) is 41.7 Å². The number of H-pyrrole nitrogens is 2. The van der Waals surface area contributed by atoms with E-state index in [1.807, 2.05) is 0 Å². The number of aliphatic hydroxyl groups excluding tert-OH is 2. The molecule has 0 aliphatic carbocycles. The van der Waals surface area contributed by atoms with E-state index in [2.05, 4.69) is 9.97 Å². The lowest BCUT2D eigenvalue weighted by atomic mass is 10.0. The Hall–Kier alpha value is -0.870. The fourth-order valence-corrected chi connectivity index (χ4v) is 3.47. The van der Waals surface area contributed by atoms with Gasteiger partial charge in [-0.25, -0.2) is 0 Å². The van der Waals surface area contributed by atoms with E-state index in [4.69, 9.17) is 21.7 Å². The molecule has 0 spiro atoms. The third-order valence-electron chi connectivity index (χ3n) is 3.14. The minimum Gasteiger partial charge on any atom is -0.447 e. The van der Waals surface area contributed by atoms with Crippen LogP contribution >= 0.6 is 24.0 Å². The van der Waals surface area contributed by atoms with Crippen molar-refractivity contribution in [1.29, 1.82) is 0 Å². The van der Waals surface area contributed by atoms with Gasteiger partial charge in [-0.2, -0.15) is 0 Å². The van der Waals surface area contributed by atoms with E-state index < -0.39 is 29.9 Å². The third kappa shape index (κ3) is 2.11. The van der Waals surface area contributed by atoms with Gasteiger partial charge < -0.3 is 24.7 Å². The average Bonchev–Trinajstić information content (AvgIpc) is 2.34. The quantitative estimate of drug-likeness (QED) is 0.490. The first kappa shape index (κ1) is 13.1. The van der Waals surface area contributed by atoms with Crippen LogP contribution in [0.15, 0.2) is 9.69 Å². The van der Waals surface area contributed by atoms with Gasteiger partial charge in [-0.1, -0.05) is 0 Å². The maximum Gasteiger partial charge on any atom is 0.269 e. The Morgan fingerprint density at radius 1 is 1.32 bits per heavy atom. The Labute approximate surface area is 117 Å². The van der Waals surface area contributed by atoms with Crippen molar-refractivity contribution in [3.05, 3.63) is 15.1 Å². The molecule has 0 radical (unpaired) electrons. The normalized spacial score (nSPS) is 37.1. The molecular formula is C10H12N2O5S2. The molecule has 1 fully saturated rings. The molecule has 5 atom stereocenters. The molecule has 1 saturated heterocycles. The molecule has 19 heavy (non-hydrogen) atoms. The summed E-state index contributed by atoms with van der Waals surface area (Å²) in [5, 5.41) is 19.3. The van der Waals surface area contributed by atoms with Crippen LogP contribution in [0.25, 0.3) is 0 Å². The lowest BCUT2D eigenvalue weighted by Crippen LogP contribution is -2.58. The van der Waals surface area contributed by atoms with Gasteiger partial charge in [-0.3, -0.25) is 9.78 Å². The van der Waals surface area contributed by atoms with E-state index in [9.17, 15) is 15.0 Å². The number of aromatic amines is 2. The molecular weight excluding hydrogens is 292 g/mol. The summed E-state index contributed by atoms with van der Waals surface area (Å²) < 4.78 is 11.2. The van der Waals surface area contributed by atoms with Gasteiger partial charge in [-0.15, -0.1) is 11.8 Å². The number of thioether (sulfide) groups is 1. The minimum absolute atomic E-state index is 0.159. The molecule has 2 aliphatic heterocycles. The molecule has 5 unspecified atom stereocenters. The van der Waals surface area contributed by atoms with Crippen LogP contribution in [-0.4, -0.2) is 50.0 Å². The van der Waals surface area contributed by atoms with Gasteiger partial charge >= 0.3 is 0 Å². The highest BCUT2D eigenvalue weighted by Crippen LogP contribution is 2.41. The Kier molecular flexibility index (Phi) is 3.18. The summed E-state index contributed by atoms with van der Waals surface area (Å²) in [6.07, 6.45) is -3.34. The number of fused-ring (bicyclic) bond motifs is 2. The Bertz CT molecular complexity index is 615. The lowest BCUT2D eigenvalue weighted by molar-refractivity contribution is -0.214. The standard InChI is InChI=1S/C10H12N2O5S2/c1-2-3(13)4(14)5-9(16-2)17-8-6(19-5)7(15)11-10(18)12-8/h2-5,9,13-14H,1H3,(H2,11,12,15,18). The SMILES string of the molecule is CC1OC2Oc3[nH]c(=S)[nH]c(=O)c3SC2C(O)C1O. The molecule has 0 aromatic carbocycles. The summed E-state index contributed by atoms with van der Waals surface area (Å²) in [6, 6.07) is 0. The zero-order valence-corrected chi connectivity index (χ0v) is 11.5. The van der Waals surface area contributed by atoms with Crippen LogP contribution in [0.3, 0.4) is 0 Å². The highest BCUT2D eigenvalue weighted by Gasteiger charge is 2.47. The van der Waals surface area contributed by atoms with Crippen LogP contribution in [0.2, 0.25) is 0 Å². The summed E-state index contributed by atoms with van der Waals surface area (Å²) >= 11 is 5.98. The van der Waals surface area contributed by atoms with Gasteiger partial charge in [0.1, 0.15) is 22.4 Å².